The lowest BCUT2D eigenvalue weighted by molar-refractivity contribution is 0.322. The second kappa shape index (κ2) is 5.53. The zero-order chi connectivity index (χ0) is 11.4. The second-order valence-electron chi connectivity index (χ2n) is 3.92. The highest BCUT2D eigenvalue weighted by atomic mass is 32.1. The van der Waals surface area contributed by atoms with Gasteiger partial charge < -0.3 is 0 Å². The molecule has 1 nitrogen and oxygen atoms in total. The predicted octanol–water partition coefficient (Wildman–Crippen LogP) is 3.67. The lowest BCUT2D eigenvalue weighted by Gasteiger charge is -2.15. The molecule has 0 spiro atoms. The van der Waals surface area contributed by atoms with E-state index < -0.39 is 0 Å². The van der Waals surface area contributed by atoms with Gasteiger partial charge in [0.15, 0.2) is 0 Å². The number of thiol groups is 1. The number of hydrogen-bond acceptors (Lipinski definition) is 3. The zero-order valence-electron chi connectivity index (χ0n) is 9.26. The summed E-state index contributed by atoms with van der Waals surface area (Å²) in [6.45, 7) is 1.99. The summed E-state index contributed by atoms with van der Waals surface area (Å²) in [5.41, 5.74) is 1.33. The Kier molecular flexibility index (Phi) is 4.04. The van der Waals surface area contributed by atoms with Gasteiger partial charge in [-0.2, -0.15) is 0 Å². The number of rotatable bonds is 4. The monoisotopic (exact) mass is 249 g/mol. The van der Waals surface area contributed by atoms with E-state index in [0.29, 0.717) is 0 Å². The van der Waals surface area contributed by atoms with E-state index in [1.54, 1.807) is 0 Å². The maximum Gasteiger partial charge on any atom is 0.0328 e. The highest BCUT2D eigenvalue weighted by Crippen LogP contribution is 2.14. The molecule has 1 heterocycles. The van der Waals surface area contributed by atoms with Crippen molar-refractivity contribution in [1.29, 1.82) is 0 Å². The smallest absolute Gasteiger partial charge is 0.0328 e. The molecule has 84 valence electrons. The van der Waals surface area contributed by atoms with Crippen molar-refractivity contribution in [2.75, 3.05) is 7.05 Å². The molecule has 0 amide bonds. The van der Waals surface area contributed by atoms with Gasteiger partial charge in [0.1, 0.15) is 0 Å². The van der Waals surface area contributed by atoms with Crippen molar-refractivity contribution in [3.8, 4) is 0 Å². The minimum absolute atomic E-state index is 0.978. The molecule has 1 aromatic heterocycles. The van der Waals surface area contributed by atoms with E-state index in [-0.39, 0.29) is 0 Å². The fraction of sp³-hybridized carbons (Fsp3) is 0.231. The van der Waals surface area contributed by atoms with Crippen molar-refractivity contribution in [2.45, 2.75) is 18.0 Å². The van der Waals surface area contributed by atoms with Gasteiger partial charge in [0.05, 0.1) is 0 Å². The molecule has 0 saturated heterocycles. The van der Waals surface area contributed by atoms with Crippen LogP contribution in [0.2, 0.25) is 0 Å². The average Bonchev–Trinajstić information content (AvgIpc) is 2.74. The third-order valence-corrected chi connectivity index (χ3v) is 3.55. The number of nitrogens with zero attached hydrogens (tertiary/aromatic N) is 1. The van der Waals surface area contributed by atoms with E-state index in [0.717, 1.165) is 18.0 Å². The molecule has 0 aliphatic heterocycles. The minimum atomic E-state index is 0.978. The van der Waals surface area contributed by atoms with E-state index >= 15 is 0 Å². The summed E-state index contributed by atoms with van der Waals surface area (Å²) < 4.78 is 0. The summed E-state index contributed by atoms with van der Waals surface area (Å²) in [5.74, 6) is 0. The lowest BCUT2D eigenvalue weighted by Crippen LogP contribution is -2.16. The van der Waals surface area contributed by atoms with Crippen LogP contribution in [0.1, 0.15) is 10.4 Å². The summed E-state index contributed by atoms with van der Waals surface area (Å²) >= 11 is 6.09. The Bertz CT molecular complexity index is 420. The van der Waals surface area contributed by atoms with E-state index in [1.807, 2.05) is 23.5 Å². The van der Waals surface area contributed by atoms with E-state index in [9.17, 15) is 0 Å². The van der Waals surface area contributed by atoms with Crippen molar-refractivity contribution in [1.82, 2.24) is 4.90 Å². The third-order valence-electron chi connectivity index (χ3n) is 2.39. The number of hydrogen-bond donors (Lipinski definition) is 1. The van der Waals surface area contributed by atoms with Crippen LogP contribution in [0, 0.1) is 0 Å². The number of benzene rings is 1. The molecule has 2 aromatic rings. The molecule has 3 heteroatoms. The largest absolute Gasteiger partial charge is 0.297 e. The van der Waals surface area contributed by atoms with Gasteiger partial charge in [0.25, 0.3) is 0 Å². The summed E-state index contributed by atoms with van der Waals surface area (Å²) in [6, 6.07) is 12.6. The zero-order valence-corrected chi connectivity index (χ0v) is 11.0. The van der Waals surface area contributed by atoms with Crippen LogP contribution in [0.3, 0.4) is 0 Å². The number of thiophene rings is 1. The van der Waals surface area contributed by atoms with Gasteiger partial charge in [-0.25, -0.2) is 0 Å². The lowest BCUT2D eigenvalue weighted by atomic mass is 10.2. The molecule has 0 saturated carbocycles. The van der Waals surface area contributed by atoms with Crippen molar-refractivity contribution in [2.24, 2.45) is 0 Å². The van der Waals surface area contributed by atoms with Crippen LogP contribution in [0.4, 0.5) is 0 Å². The minimum Gasteiger partial charge on any atom is -0.297 e. The second-order valence-corrected chi connectivity index (χ2v) is 5.47. The molecule has 0 radical (unpaired) electrons. The van der Waals surface area contributed by atoms with Crippen LogP contribution in [0.5, 0.6) is 0 Å². The highest BCUT2D eigenvalue weighted by molar-refractivity contribution is 7.80. The molecule has 0 bridgehead atoms. The van der Waals surface area contributed by atoms with Crippen molar-refractivity contribution >= 4 is 24.0 Å². The van der Waals surface area contributed by atoms with Crippen LogP contribution in [0.15, 0.2) is 46.7 Å². The molecule has 1 aromatic carbocycles. The van der Waals surface area contributed by atoms with Gasteiger partial charge in [0, 0.05) is 22.9 Å². The summed E-state index contributed by atoms with van der Waals surface area (Å²) in [6.07, 6.45) is 0. The topological polar surface area (TPSA) is 3.24 Å². The highest BCUT2D eigenvalue weighted by Gasteiger charge is 2.02. The first kappa shape index (κ1) is 11.7. The van der Waals surface area contributed by atoms with Crippen molar-refractivity contribution < 1.29 is 0 Å². The van der Waals surface area contributed by atoms with Crippen LogP contribution in [-0.2, 0) is 13.1 Å². The van der Waals surface area contributed by atoms with Crippen LogP contribution < -0.4 is 0 Å². The van der Waals surface area contributed by atoms with Crippen molar-refractivity contribution in [3.05, 3.63) is 52.2 Å². The van der Waals surface area contributed by atoms with Crippen LogP contribution in [0.25, 0.3) is 0 Å². The van der Waals surface area contributed by atoms with Gasteiger partial charge in [-0.3, -0.25) is 4.90 Å². The third kappa shape index (κ3) is 3.37. The van der Waals surface area contributed by atoms with Gasteiger partial charge >= 0.3 is 0 Å². The maximum absolute atomic E-state index is 4.28. The predicted molar refractivity (Wildman–Crippen MR) is 73.2 cm³/mol. The Hall–Kier alpha value is -0.770. The molecule has 2 rings (SSSR count). The van der Waals surface area contributed by atoms with Gasteiger partial charge in [-0.15, -0.1) is 24.0 Å². The van der Waals surface area contributed by atoms with Crippen LogP contribution in [-0.4, -0.2) is 11.9 Å². The Morgan fingerprint density at radius 3 is 2.50 bits per heavy atom. The first-order chi connectivity index (χ1) is 7.74. The summed E-state index contributed by atoms with van der Waals surface area (Å²) in [7, 11) is 2.15. The quantitative estimate of drug-likeness (QED) is 0.809. The molecular weight excluding hydrogens is 234 g/mol. The van der Waals surface area contributed by atoms with Crippen LogP contribution >= 0.6 is 24.0 Å². The van der Waals surface area contributed by atoms with Crippen molar-refractivity contribution in [3.63, 3.8) is 0 Å². The van der Waals surface area contributed by atoms with Gasteiger partial charge in [-0.1, -0.05) is 18.2 Å². The molecule has 0 fully saturated rings. The summed E-state index contributed by atoms with van der Waals surface area (Å²) in [4.78, 5) is 4.75. The SMILES string of the molecule is CN(Cc1ccc(S)cc1)Cc1cccs1. The molecule has 16 heavy (non-hydrogen) atoms. The normalized spacial score (nSPS) is 10.9. The molecule has 0 atom stereocenters. The maximum atomic E-state index is 4.28. The molecule has 0 aliphatic carbocycles. The molecule has 0 unspecified atom stereocenters. The van der Waals surface area contributed by atoms with E-state index in [1.165, 1.54) is 10.4 Å². The first-order valence-electron chi connectivity index (χ1n) is 5.23. The van der Waals surface area contributed by atoms with Gasteiger partial charge in [-0.05, 0) is 36.2 Å². The first-order valence-corrected chi connectivity index (χ1v) is 6.55. The average molecular weight is 249 g/mol. The fourth-order valence-corrected chi connectivity index (χ4v) is 2.57. The van der Waals surface area contributed by atoms with Gasteiger partial charge in [0.2, 0.25) is 0 Å². The van der Waals surface area contributed by atoms with E-state index in [2.05, 4.69) is 54.2 Å². The molecule has 0 aliphatic rings. The Labute approximate surface area is 106 Å². The molecule has 0 N–H and O–H groups in total. The van der Waals surface area contributed by atoms with E-state index in [4.69, 9.17) is 0 Å². The fourth-order valence-electron chi connectivity index (χ4n) is 1.64. The molecular formula is C13H15NS2. The Morgan fingerprint density at radius 2 is 1.88 bits per heavy atom. The Morgan fingerprint density at radius 1 is 1.12 bits per heavy atom. The summed E-state index contributed by atoms with van der Waals surface area (Å²) in [5, 5.41) is 2.12. The Balaban J connectivity index is 1.92. The standard InChI is InChI=1S/C13H15NS2/c1-14(10-13-3-2-8-16-13)9-11-4-6-12(15)7-5-11/h2-8,15H,9-10H2,1H3.